The predicted octanol–water partition coefficient (Wildman–Crippen LogP) is 0.182. The van der Waals surface area contributed by atoms with Crippen molar-refractivity contribution in [3.8, 4) is 0 Å². The quantitative estimate of drug-likeness (QED) is 0.489. The Balaban J connectivity index is 3.13. The van der Waals surface area contributed by atoms with E-state index in [1.807, 2.05) is 6.92 Å². The standard InChI is InChI=1S/C10H10O3/c1-2-7-5-3-4-6-8(7)9(11)10(12)13/h3-6H,2H2,1H3,(H,12,13)/p-1. The first-order chi connectivity index (χ1) is 6.16. The lowest BCUT2D eigenvalue weighted by Crippen LogP contribution is -2.32. The number of rotatable bonds is 3. The third-order valence-corrected chi connectivity index (χ3v) is 1.83. The van der Waals surface area contributed by atoms with Crippen LogP contribution in [0.15, 0.2) is 24.3 Å². The fraction of sp³-hybridized carbons (Fsp3) is 0.200. The summed E-state index contributed by atoms with van der Waals surface area (Å²) >= 11 is 0. The molecular weight excluding hydrogens is 168 g/mol. The van der Waals surface area contributed by atoms with Gasteiger partial charge in [0, 0.05) is 5.56 Å². The molecule has 0 spiro atoms. The molecule has 0 N–H and O–H groups in total. The van der Waals surface area contributed by atoms with Crippen molar-refractivity contribution in [3.63, 3.8) is 0 Å². The van der Waals surface area contributed by atoms with Crippen molar-refractivity contribution in [2.24, 2.45) is 0 Å². The summed E-state index contributed by atoms with van der Waals surface area (Å²) in [6, 6.07) is 6.63. The molecule has 0 aromatic heterocycles. The zero-order valence-electron chi connectivity index (χ0n) is 7.24. The molecule has 0 aliphatic carbocycles. The minimum absolute atomic E-state index is 0.227. The number of aliphatic carboxylic acids is 1. The maximum Gasteiger partial charge on any atom is 0.208 e. The molecule has 1 aromatic carbocycles. The van der Waals surface area contributed by atoms with Gasteiger partial charge in [-0.15, -0.1) is 0 Å². The third kappa shape index (κ3) is 1.93. The zero-order valence-corrected chi connectivity index (χ0v) is 7.24. The highest BCUT2D eigenvalue weighted by Crippen LogP contribution is 2.09. The van der Waals surface area contributed by atoms with Crippen molar-refractivity contribution in [2.45, 2.75) is 13.3 Å². The number of carboxylic acid groups (broad SMARTS) is 1. The molecule has 0 fully saturated rings. The fourth-order valence-corrected chi connectivity index (χ4v) is 1.16. The molecule has 1 aromatic rings. The first kappa shape index (κ1) is 9.45. The van der Waals surface area contributed by atoms with Crippen LogP contribution in [-0.2, 0) is 11.2 Å². The largest absolute Gasteiger partial charge is 0.541 e. The molecule has 3 nitrogen and oxygen atoms in total. The van der Waals surface area contributed by atoms with Crippen molar-refractivity contribution in [1.29, 1.82) is 0 Å². The number of hydrogen-bond donors (Lipinski definition) is 0. The van der Waals surface area contributed by atoms with Crippen molar-refractivity contribution in [1.82, 2.24) is 0 Å². The molecule has 0 aliphatic heterocycles. The van der Waals surface area contributed by atoms with E-state index >= 15 is 0 Å². The molecule has 0 saturated heterocycles. The molecule has 0 heterocycles. The number of carbonyl (C=O) groups is 2. The van der Waals surface area contributed by atoms with Gasteiger partial charge in [-0.1, -0.05) is 31.2 Å². The van der Waals surface area contributed by atoms with Crippen LogP contribution in [0.5, 0.6) is 0 Å². The number of carboxylic acids is 1. The van der Waals surface area contributed by atoms with Gasteiger partial charge in [-0.05, 0) is 12.0 Å². The van der Waals surface area contributed by atoms with E-state index in [2.05, 4.69) is 0 Å². The molecule has 0 amide bonds. The van der Waals surface area contributed by atoms with Gasteiger partial charge < -0.3 is 9.90 Å². The Morgan fingerprint density at radius 1 is 1.31 bits per heavy atom. The van der Waals surface area contributed by atoms with Crippen LogP contribution in [0.25, 0.3) is 0 Å². The van der Waals surface area contributed by atoms with Crippen LogP contribution < -0.4 is 5.11 Å². The molecule has 0 unspecified atom stereocenters. The summed E-state index contributed by atoms with van der Waals surface area (Å²) in [6.07, 6.45) is 0.634. The van der Waals surface area contributed by atoms with E-state index in [1.165, 1.54) is 6.07 Å². The number of carbonyl (C=O) groups excluding carboxylic acids is 2. The molecule has 1 rings (SSSR count). The second-order valence-electron chi connectivity index (χ2n) is 2.63. The monoisotopic (exact) mass is 177 g/mol. The van der Waals surface area contributed by atoms with Crippen molar-refractivity contribution in [2.75, 3.05) is 0 Å². The molecule has 0 saturated carbocycles. The molecular formula is C10H9O3-. The summed E-state index contributed by atoms with van der Waals surface area (Å²) in [5.41, 5.74) is 0.960. The summed E-state index contributed by atoms with van der Waals surface area (Å²) < 4.78 is 0. The Bertz CT molecular complexity index is 342. The molecule has 3 heteroatoms. The smallest absolute Gasteiger partial charge is 0.208 e. The van der Waals surface area contributed by atoms with E-state index in [0.717, 1.165) is 5.56 Å². The Kier molecular flexibility index (Phi) is 2.80. The highest BCUT2D eigenvalue weighted by molar-refractivity contribution is 6.39. The van der Waals surface area contributed by atoms with Gasteiger partial charge in [0.1, 0.15) is 5.97 Å². The molecule has 68 valence electrons. The van der Waals surface area contributed by atoms with E-state index in [-0.39, 0.29) is 5.56 Å². The summed E-state index contributed by atoms with van der Waals surface area (Å²) in [6.45, 7) is 1.86. The Labute approximate surface area is 76.0 Å². The number of aryl methyl sites for hydroxylation is 1. The summed E-state index contributed by atoms with van der Waals surface area (Å²) in [5, 5.41) is 10.3. The zero-order chi connectivity index (χ0) is 9.84. The van der Waals surface area contributed by atoms with E-state index in [1.54, 1.807) is 18.2 Å². The predicted molar refractivity (Wildman–Crippen MR) is 45.2 cm³/mol. The minimum Gasteiger partial charge on any atom is -0.541 e. The SMILES string of the molecule is CCc1ccccc1C(=O)C(=O)[O-]. The summed E-state index contributed by atoms with van der Waals surface area (Å²) in [7, 11) is 0. The number of Topliss-reactive ketones (excluding diaryl/α,β-unsaturated/α-hetero) is 1. The van der Waals surface area contributed by atoms with Gasteiger partial charge in [-0.2, -0.15) is 0 Å². The van der Waals surface area contributed by atoms with Crippen LogP contribution in [0, 0.1) is 0 Å². The lowest BCUT2D eigenvalue weighted by molar-refractivity contribution is -0.296. The normalized spacial score (nSPS) is 9.62. The maximum atomic E-state index is 11.1. The van der Waals surface area contributed by atoms with E-state index in [0.29, 0.717) is 6.42 Å². The van der Waals surface area contributed by atoms with E-state index in [9.17, 15) is 14.7 Å². The van der Waals surface area contributed by atoms with Crippen LogP contribution in [-0.4, -0.2) is 11.8 Å². The summed E-state index contributed by atoms with van der Waals surface area (Å²) in [4.78, 5) is 21.4. The first-order valence-corrected chi connectivity index (χ1v) is 4.00. The van der Waals surface area contributed by atoms with Crippen LogP contribution >= 0.6 is 0 Å². The lowest BCUT2D eigenvalue weighted by atomic mass is 10.0. The van der Waals surface area contributed by atoms with Crippen molar-refractivity contribution < 1.29 is 14.7 Å². The lowest BCUT2D eigenvalue weighted by Gasteiger charge is -2.06. The highest BCUT2D eigenvalue weighted by Gasteiger charge is 2.09. The molecule has 0 atom stereocenters. The Morgan fingerprint density at radius 3 is 2.46 bits per heavy atom. The fourth-order valence-electron chi connectivity index (χ4n) is 1.16. The van der Waals surface area contributed by atoms with Crippen LogP contribution in [0.2, 0.25) is 0 Å². The van der Waals surface area contributed by atoms with Gasteiger partial charge in [0.15, 0.2) is 0 Å². The Morgan fingerprint density at radius 2 is 1.92 bits per heavy atom. The number of ketones is 1. The molecule has 13 heavy (non-hydrogen) atoms. The van der Waals surface area contributed by atoms with Crippen molar-refractivity contribution >= 4 is 11.8 Å². The van der Waals surface area contributed by atoms with E-state index in [4.69, 9.17) is 0 Å². The molecule has 0 aliphatic rings. The average molecular weight is 177 g/mol. The van der Waals surface area contributed by atoms with Crippen LogP contribution in [0.4, 0.5) is 0 Å². The van der Waals surface area contributed by atoms with Crippen LogP contribution in [0.3, 0.4) is 0 Å². The Hall–Kier alpha value is -1.64. The third-order valence-electron chi connectivity index (χ3n) is 1.83. The minimum atomic E-state index is -1.65. The van der Waals surface area contributed by atoms with E-state index < -0.39 is 11.8 Å². The van der Waals surface area contributed by atoms with Gasteiger partial charge in [-0.25, -0.2) is 0 Å². The number of benzene rings is 1. The average Bonchev–Trinajstić information content (AvgIpc) is 2.16. The van der Waals surface area contributed by atoms with Gasteiger partial charge >= 0.3 is 0 Å². The molecule has 0 radical (unpaired) electrons. The van der Waals surface area contributed by atoms with Gasteiger partial charge in [0.25, 0.3) is 0 Å². The maximum absolute atomic E-state index is 11.1. The first-order valence-electron chi connectivity index (χ1n) is 4.00. The second-order valence-corrected chi connectivity index (χ2v) is 2.63. The highest BCUT2D eigenvalue weighted by atomic mass is 16.4. The topological polar surface area (TPSA) is 57.2 Å². The van der Waals surface area contributed by atoms with Gasteiger partial charge in [0.05, 0.1) is 0 Å². The van der Waals surface area contributed by atoms with Crippen LogP contribution in [0.1, 0.15) is 22.8 Å². The summed E-state index contributed by atoms with van der Waals surface area (Å²) in [5.74, 6) is -2.60. The number of hydrogen-bond acceptors (Lipinski definition) is 3. The second kappa shape index (κ2) is 3.85. The van der Waals surface area contributed by atoms with Gasteiger partial charge in [0.2, 0.25) is 5.78 Å². The molecule has 0 bridgehead atoms. The van der Waals surface area contributed by atoms with Crippen molar-refractivity contribution in [3.05, 3.63) is 35.4 Å². The van der Waals surface area contributed by atoms with Gasteiger partial charge in [-0.3, -0.25) is 4.79 Å².